The molecule has 0 aromatic heterocycles. The monoisotopic (exact) mass is 388 g/mol. The van der Waals surface area contributed by atoms with Gasteiger partial charge in [0, 0.05) is 16.7 Å². The molecule has 2 aliphatic rings. The molecule has 2 radical (unpaired) electrons. The van der Waals surface area contributed by atoms with Crippen LogP contribution in [0.2, 0.25) is 0 Å². The molecule has 4 nitrogen and oxygen atoms in total. The van der Waals surface area contributed by atoms with Crippen LogP contribution in [0.5, 0.6) is 0 Å². The van der Waals surface area contributed by atoms with Gasteiger partial charge in [0.05, 0.1) is 11.1 Å². The summed E-state index contributed by atoms with van der Waals surface area (Å²) in [6.45, 7) is 6.22. The van der Waals surface area contributed by atoms with Crippen molar-refractivity contribution in [3.63, 3.8) is 0 Å². The number of aliphatic carboxylic acids is 2. The predicted molar refractivity (Wildman–Crippen MR) is 114 cm³/mol. The van der Waals surface area contributed by atoms with Crippen LogP contribution in [0.15, 0.2) is 65.7 Å². The third-order valence-corrected chi connectivity index (χ3v) is 6.13. The Balaban J connectivity index is 2.13. The van der Waals surface area contributed by atoms with E-state index in [1.54, 1.807) is 12.2 Å². The molecule has 2 bridgehead atoms. The molecular weight excluding hydrogens is 363 g/mol. The Morgan fingerprint density at radius 3 is 2.52 bits per heavy atom. The molecule has 1 aromatic rings. The van der Waals surface area contributed by atoms with Crippen LogP contribution in [0.4, 0.5) is 0 Å². The van der Waals surface area contributed by atoms with Gasteiger partial charge in [-0.05, 0) is 29.5 Å². The van der Waals surface area contributed by atoms with Crippen molar-refractivity contribution in [2.24, 2.45) is 0 Å². The second kappa shape index (κ2) is 7.55. The van der Waals surface area contributed by atoms with Gasteiger partial charge in [0.15, 0.2) is 0 Å². The number of hydrogen-bond acceptors (Lipinski definition) is 2. The zero-order valence-electron chi connectivity index (χ0n) is 17.0. The maximum absolute atomic E-state index is 11.6. The van der Waals surface area contributed by atoms with E-state index in [1.807, 2.05) is 19.1 Å². The van der Waals surface area contributed by atoms with E-state index in [2.05, 4.69) is 32.0 Å². The van der Waals surface area contributed by atoms with Gasteiger partial charge in [-0.2, -0.15) is 0 Å². The van der Waals surface area contributed by atoms with Crippen molar-refractivity contribution < 1.29 is 19.8 Å². The summed E-state index contributed by atoms with van der Waals surface area (Å²) in [5.74, 6) is -0.795. The van der Waals surface area contributed by atoms with Crippen LogP contribution in [-0.4, -0.2) is 30.0 Å². The first-order valence-electron chi connectivity index (χ1n) is 9.77. The largest absolute Gasteiger partial charge is 0.478 e. The Morgan fingerprint density at radius 1 is 1.21 bits per heavy atom. The normalized spacial score (nSPS) is 26.7. The molecule has 0 heterocycles. The number of carboxylic acid groups (broad SMARTS) is 2. The number of carboxylic acids is 2. The van der Waals surface area contributed by atoms with Crippen LogP contribution in [0.3, 0.4) is 0 Å². The molecule has 29 heavy (non-hydrogen) atoms. The molecule has 0 fully saturated rings. The molecule has 5 heteroatoms. The lowest BCUT2D eigenvalue weighted by atomic mass is 9.79. The van der Waals surface area contributed by atoms with Gasteiger partial charge < -0.3 is 10.2 Å². The number of allylic oxidation sites excluding steroid dienone is 3. The van der Waals surface area contributed by atoms with Gasteiger partial charge in [-0.1, -0.05) is 69.4 Å². The van der Waals surface area contributed by atoms with E-state index in [4.69, 9.17) is 7.85 Å². The van der Waals surface area contributed by atoms with Crippen LogP contribution in [0.1, 0.15) is 56.2 Å². The number of carbonyl (C=O) groups is 2. The molecule has 0 saturated carbocycles. The molecule has 3 rings (SSSR count). The maximum atomic E-state index is 11.6. The van der Waals surface area contributed by atoms with E-state index in [0.717, 1.165) is 24.0 Å². The summed E-state index contributed by atoms with van der Waals surface area (Å²) in [7, 11) is 5.39. The van der Waals surface area contributed by atoms with E-state index in [1.165, 1.54) is 17.6 Å². The van der Waals surface area contributed by atoms with Gasteiger partial charge in [0.2, 0.25) is 0 Å². The van der Waals surface area contributed by atoms with Gasteiger partial charge in [0.1, 0.15) is 7.85 Å². The summed E-state index contributed by atoms with van der Waals surface area (Å²) in [6.07, 6.45) is 10.2. The van der Waals surface area contributed by atoms with Crippen molar-refractivity contribution >= 4 is 19.8 Å². The molecule has 148 valence electrons. The lowest BCUT2D eigenvalue weighted by Gasteiger charge is -2.23. The van der Waals surface area contributed by atoms with Gasteiger partial charge in [-0.3, -0.25) is 0 Å². The SMILES string of the molecule is [B]/C=C/C(=C\C(CC)c1ccc2c(c1)C1(C)C=C(C(=O)O)C=CC2(C)C1)C(=O)O. The van der Waals surface area contributed by atoms with E-state index >= 15 is 0 Å². The van der Waals surface area contributed by atoms with Crippen LogP contribution in [0.25, 0.3) is 0 Å². The van der Waals surface area contributed by atoms with E-state index in [9.17, 15) is 19.8 Å². The lowest BCUT2D eigenvalue weighted by molar-refractivity contribution is -0.133. The number of rotatable bonds is 6. The summed E-state index contributed by atoms with van der Waals surface area (Å²) < 4.78 is 0. The number of hydrogen-bond donors (Lipinski definition) is 2. The average Bonchev–Trinajstić information content (AvgIpc) is 2.78. The molecule has 2 aliphatic carbocycles. The molecule has 0 saturated heterocycles. The first kappa shape index (κ1) is 20.9. The van der Waals surface area contributed by atoms with Crippen LogP contribution >= 0.6 is 0 Å². The highest BCUT2D eigenvalue weighted by molar-refractivity contribution is 6.17. The fourth-order valence-electron chi connectivity index (χ4n) is 4.76. The Hall–Kier alpha value is -2.82. The maximum Gasteiger partial charge on any atom is 0.335 e. The summed E-state index contributed by atoms with van der Waals surface area (Å²) in [6, 6.07) is 6.28. The highest BCUT2D eigenvalue weighted by atomic mass is 16.4. The molecule has 3 atom stereocenters. The summed E-state index contributed by atoms with van der Waals surface area (Å²) in [5, 5.41) is 18.9. The third-order valence-electron chi connectivity index (χ3n) is 6.13. The smallest absolute Gasteiger partial charge is 0.335 e. The fourth-order valence-corrected chi connectivity index (χ4v) is 4.76. The molecule has 0 amide bonds. The minimum Gasteiger partial charge on any atom is -0.478 e. The fraction of sp³-hybridized carbons (Fsp3) is 0.333. The topological polar surface area (TPSA) is 74.6 Å². The van der Waals surface area contributed by atoms with Gasteiger partial charge in [-0.25, -0.2) is 9.59 Å². The summed E-state index contributed by atoms with van der Waals surface area (Å²) in [4.78, 5) is 23.1. The van der Waals surface area contributed by atoms with Crippen molar-refractivity contribution in [1.82, 2.24) is 0 Å². The van der Waals surface area contributed by atoms with E-state index < -0.39 is 17.4 Å². The molecule has 1 aromatic carbocycles. The van der Waals surface area contributed by atoms with Crippen LogP contribution < -0.4 is 0 Å². The first-order chi connectivity index (χ1) is 13.6. The minimum absolute atomic E-state index is 0.0832. The van der Waals surface area contributed by atoms with Gasteiger partial charge in [0.25, 0.3) is 0 Å². The quantitative estimate of drug-likeness (QED) is 0.431. The first-order valence-corrected chi connectivity index (χ1v) is 9.77. The summed E-state index contributed by atoms with van der Waals surface area (Å²) >= 11 is 0. The van der Waals surface area contributed by atoms with Crippen LogP contribution in [0, 0.1) is 0 Å². The molecule has 2 N–H and O–H groups in total. The predicted octanol–water partition coefficient (Wildman–Crippen LogP) is 4.37. The highest BCUT2D eigenvalue weighted by Crippen LogP contribution is 2.53. The molecule has 0 spiro atoms. The van der Waals surface area contributed by atoms with Crippen molar-refractivity contribution in [1.29, 1.82) is 0 Å². The van der Waals surface area contributed by atoms with Gasteiger partial charge >= 0.3 is 11.9 Å². The molecule has 3 unspecified atom stereocenters. The Morgan fingerprint density at radius 2 is 1.93 bits per heavy atom. The lowest BCUT2D eigenvalue weighted by Crippen LogP contribution is -2.20. The zero-order valence-corrected chi connectivity index (χ0v) is 17.0. The summed E-state index contributed by atoms with van der Waals surface area (Å²) in [5.41, 5.74) is 3.15. The zero-order chi connectivity index (χ0) is 21.4. The number of fused-ring (bicyclic) bond motifs is 5. The second-order valence-electron chi connectivity index (χ2n) is 8.36. The Labute approximate surface area is 172 Å². The van der Waals surface area contributed by atoms with Crippen molar-refractivity contribution in [3.8, 4) is 0 Å². The number of benzene rings is 1. The van der Waals surface area contributed by atoms with E-state index in [0.29, 0.717) is 5.57 Å². The Bertz CT molecular complexity index is 985. The second-order valence-corrected chi connectivity index (χ2v) is 8.36. The van der Waals surface area contributed by atoms with Gasteiger partial charge in [-0.15, -0.1) is 5.98 Å². The molecular formula is C24H25BO4. The Kier molecular flexibility index (Phi) is 5.44. The molecule has 0 aliphatic heterocycles. The minimum atomic E-state index is -1.02. The van der Waals surface area contributed by atoms with Crippen molar-refractivity contribution in [3.05, 3.63) is 82.4 Å². The van der Waals surface area contributed by atoms with Crippen LogP contribution in [-0.2, 0) is 20.4 Å². The van der Waals surface area contributed by atoms with E-state index in [-0.39, 0.29) is 16.9 Å². The standard InChI is InChI=1S/C24H25BO4/c1-4-15(11-17(8-10-25)21(26)27)16-5-6-19-20(12-16)24(3)13-18(22(28)29)7-9-23(19,2)14-24/h5-13,15H,4,14H2,1-3H3,(H,26,27)(H,28,29)/b10-8+,17-11+. The van der Waals surface area contributed by atoms with Crippen molar-refractivity contribution in [2.45, 2.75) is 50.4 Å². The third kappa shape index (κ3) is 3.74. The highest BCUT2D eigenvalue weighted by Gasteiger charge is 2.46. The average molecular weight is 388 g/mol. The van der Waals surface area contributed by atoms with Crippen molar-refractivity contribution in [2.75, 3.05) is 0 Å².